The van der Waals surface area contributed by atoms with Gasteiger partial charge in [-0.05, 0) is 25.0 Å². The predicted octanol–water partition coefficient (Wildman–Crippen LogP) is 3.82. The van der Waals surface area contributed by atoms with Gasteiger partial charge in [0.1, 0.15) is 0 Å². The highest BCUT2D eigenvalue weighted by Crippen LogP contribution is 2.29. The van der Waals surface area contributed by atoms with Gasteiger partial charge >= 0.3 is 11.9 Å². The number of nitrogens with one attached hydrogen (secondary N) is 1. The molecule has 0 saturated carbocycles. The lowest BCUT2D eigenvalue weighted by Gasteiger charge is -2.29. The molecule has 1 N–H and O–H groups in total. The second-order valence-electron chi connectivity index (χ2n) is 6.33. The minimum absolute atomic E-state index is 0.0224. The molecule has 2 aromatic carbocycles. The highest BCUT2D eigenvalue weighted by molar-refractivity contribution is 5.80. The van der Waals surface area contributed by atoms with Gasteiger partial charge in [0.05, 0.1) is 26.1 Å². The van der Waals surface area contributed by atoms with E-state index in [0.29, 0.717) is 0 Å². The molecule has 0 radical (unpaired) electrons. The Bertz CT molecular complexity index is 718. The van der Waals surface area contributed by atoms with Gasteiger partial charge in [-0.3, -0.25) is 9.59 Å². The standard InChI is InChI=1S/C22H27NO4/c1-4-27-20(24)15-19(22(25)26-3)21(18-13-9-6-10-14-18)23-16(2)17-11-7-5-8-12-17/h5-14,16,19,21,23H,4,15H2,1-3H3/t16-,19-,21-/m1/s1. The molecule has 0 fully saturated rings. The maximum atomic E-state index is 12.5. The summed E-state index contributed by atoms with van der Waals surface area (Å²) < 4.78 is 10.1. The Morgan fingerprint density at radius 3 is 2.04 bits per heavy atom. The van der Waals surface area contributed by atoms with Gasteiger partial charge in [0.15, 0.2) is 0 Å². The summed E-state index contributed by atoms with van der Waals surface area (Å²) in [4.78, 5) is 24.6. The molecule has 0 spiro atoms. The number of carbonyl (C=O) groups is 2. The van der Waals surface area contributed by atoms with E-state index in [0.717, 1.165) is 11.1 Å². The fourth-order valence-electron chi connectivity index (χ4n) is 3.10. The van der Waals surface area contributed by atoms with Crippen molar-refractivity contribution in [1.29, 1.82) is 0 Å². The SMILES string of the molecule is CCOC(=O)C[C@@H](C(=O)OC)[C@H](N[C@H](C)c1ccccc1)c1ccccc1. The quantitative estimate of drug-likeness (QED) is 0.681. The molecule has 144 valence electrons. The first-order chi connectivity index (χ1) is 13.1. The molecule has 0 bridgehead atoms. The maximum Gasteiger partial charge on any atom is 0.311 e. The van der Waals surface area contributed by atoms with E-state index in [1.54, 1.807) is 6.92 Å². The lowest BCUT2D eigenvalue weighted by atomic mass is 9.89. The van der Waals surface area contributed by atoms with Crippen molar-refractivity contribution >= 4 is 11.9 Å². The molecule has 5 heteroatoms. The first-order valence-corrected chi connectivity index (χ1v) is 9.16. The number of rotatable bonds is 9. The lowest BCUT2D eigenvalue weighted by molar-refractivity contribution is -0.154. The van der Waals surface area contributed by atoms with Crippen LogP contribution in [0.1, 0.15) is 43.5 Å². The molecular formula is C22H27NO4. The van der Waals surface area contributed by atoms with Crippen LogP contribution in [0.3, 0.4) is 0 Å². The van der Waals surface area contributed by atoms with E-state index >= 15 is 0 Å². The molecule has 0 aliphatic carbocycles. The molecule has 2 rings (SSSR count). The molecule has 0 amide bonds. The Labute approximate surface area is 160 Å². The average Bonchev–Trinajstić information content (AvgIpc) is 2.71. The van der Waals surface area contributed by atoms with Gasteiger partial charge in [0.25, 0.3) is 0 Å². The molecule has 0 saturated heterocycles. The Kier molecular flexibility index (Phi) is 8.01. The summed E-state index contributed by atoms with van der Waals surface area (Å²) >= 11 is 0. The topological polar surface area (TPSA) is 64.6 Å². The van der Waals surface area contributed by atoms with Crippen molar-refractivity contribution in [3.05, 3.63) is 71.8 Å². The van der Waals surface area contributed by atoms with Gasteiger partial charge in [0.2, 0.25) is 0 Å². The molecule has 0 unspecified atom stereocenters. The first kappa shape index (κ1) is 20.6. The van der Waals surface area contributed by atoms with Crippen molar-refractivity contribution < 1.29 is 19.1 Å². The van der Waals surface area contributed by atoms with Gasteiger partial charge in [-0.1, -0.05) is 60.7 Å². The Morgan fingerprint density at radius 1 is 0.963 bits per heavy atom. The molecule has 27 heavy (non-hydrogen) atoms. The molecule has 5 nitrogen and oxygen atoms in total. The number of benzene rings is 2. The van der Waals surface area contributed by atoms with Crippen LogP contribution in [0.15, 0.2) is 60.7 Å². The zero-order chi connectivity index (χ0) is 19.6. The molecule has 0 aromatic heterocycles. The van der Waals surface area contributed by atoms with E-state index in [2.05, 4.69) is 5.32 Å². The summed E-state index contributed by atoms with van der Waals surface area (Å²) in [5.74, 6) is -1.55. The normalized spacial score (nSPS) is 14.0. The highest BCUT2D eigenvalue weighted by Gasteiger charge is 2.34. The van der Waals surface area contributed by atoms with E-state index < -0.39 is 23.9 Å². The van der Waals surface area contributed by atoms with E-state index in [1.165, 1.54) is 7.11 Å². The van der Waals surface area contributed by atoms with E-state index in [9.17, 15) is 9.59 Å². The zero-order valence-corrected chi connectivity index (χ0v) is 16.1. The van der Waals surface area contributed by atoms with Crippen LogP contribution in [-0.4, -0.2) is 25.7 Å². The Balaban J connectivity index is 2.33. The van der Waals surface area contributed by atoms with Crippen LogP contribution in [0, 0.1) is 5.92 Å². The van der Waals surface area contributed by atoms with E-state index in [1.807, 2.05) is 67.6 Å². The van der Waals surface area contributed by atoms with Crippen LogP contribution in [0.2, 0.25) is 0 Å². The number of hydrogen-bond donors (Lipinski definition) is 1. The van der Waals surface area contributed by atoms with Crippen LogP contribution in [0.5, 0.6) is 0 Å². The summed E-state index contributed by atoms with van der Waals surface area (Å²) in [6, 6.07) is 19.2. The van der Waals surface area contributed by atoms with Crippen molar-refractivity contribution in [2.24, 2.45) is 5.92 Å². The first-order valence-electron chi connectivity index (χ1n) is 9.16. The molecular weight excluding hydrogens is 342 g/mol. The van der Waals surface area contributed by atoms with Crippen molar-refractivity contribution in [3.63, 3.8) is 0 Å². The molecule has 2 aromatic rings. The van der Waals surface area contributed by atoms with Crippen LogP contribution in [0.25, 0.3) is 0 Å². The van der Waals surface area contributed by atoms with Gasteiger partial charge in [-0.25, -0.2) is 0 Å². The zero-order valence-electron chi connectivity index (χ0n) is 16.1. The number of esters is 2. The average molecular weight is 369 g/mol. The van der Waals surface area contributed by atoms with E-state index in [-0.39, 0.29) is 19.1 Å². The molecule has 3 atom stereocenters. The fourth-order valence-corrected chi connectivity index (χ4v) is 3.10. The third kappa shape index (κ3) is 5.93. The summed E-state index contributed by atoms with van der Waals surface area (Å²) in [5.41, 5.74) is 2.01. The van der Waals surface area contributed by atoms with Crippen molar-refractivity contribution in [2.75, 3.05) is 13.7 Å². The van der Waals surface area contributed by atoms with Gasteiger partial charge in [-0.15, -0.1) is 0 Å². The van der Waals surface area contributed by atoms with Crippen LogP contribution in [0.4, 0.5) is 0 Å². The van der Waals surface area contributed by atoms with Crippen LogP contribution < -0.4 is 5.32 Å². The van der Waals surface area contributed by atoms with Gasteiger partial charge in [0, 0.05) is 12.1 Å². The number of carbonyl (C=O) groups excluding carboxylic acids is 2. The molecule has 0 aliphatic heterocycles. The monoisotopic (exact) mass is 369 g/mol. The molecule has 0 heterocycles. The second-order valence-corrected chi connectivity index (χ2v) is 6.33. The predicted molar refractivity (Wildman–Crippen MR) is 104 cm³/mol. The number of methoxy groups -OCH3 is 1. The van der Waals surface area contributed by atoms with Crippen molar-refractivity contribution in [1.82, 2.24) is 5.32 Å². The fraction of sp³-hybridized carbons (Fsp3) is 0.364. The lowest BCUT2D eigenvalue weighted by Crippen LogP contribution is -2.36. The highest BCUT2D eigenvalue weighted by atomic mass is 16.5. The third-order valence-corrected chi connectivity index (χ3v) is 4.49. The molecule has 0 aliphatic rings. The summed E-state index contributed by atoms with van der Waals surface area (Å²) in [6.07, 6.45) is -0.0470. The smallest absolute Gasteiger partial charge is 0.311 e. The third-order valence-electron chi connectivity index (χ3n) is 4.49. The summed E-state index contributed by atoms with van der Waals surface area (Å²) in [7, 11) is 1.34. The minimum atomic E-state index is -0.692. The second kappa shape index (κ2) is 10.5. The van der Waals surface area contributed by atoms with Crippen molar-refractivity contribution in [2.45, 2.75) is 32.4 Å². The largest absolute Gasteiger partial charge is 0.469 e. The Morgan fingerprint density at radius 2 is 1.52 bits per heavy atom. The van der Waals surface area contributed by atoms with Gasteiger partial charge < -0.3 is 14.8 Å². The van der Waals surface area contributed by atoms with Crippen molar-refractivity contribution in [3.8, 4) is 0 Å². The number of ether oxygens (including phenoxy) is 2. The minimum Gasteiger partial charge on any atom is -0.469 e. The van der Waals surface area contributed by atoms with E-state index in [4.69, 9.17) is 9.47 Å². The summed E-state index contributed by atoms with van der Waals surface area (Å²) in [5, 5.41) is 3.50. The van der Waals surface area contributed by atoms with Crippen LogP contribution >= 0.6 is 0 Å². The van der Waals surface area contributed by atoms with Gasteiger partial charge in [-0.2, -0.15) is 0 Å². The maximum absolute atomic E-state index is 12.5. The van der Waals surface area contributed by atoms with Crippen LogP contribution in [-0.2, 0) is 19.1 Å². The number of hydrogen-bond acceptors (Lipinski definition) is 5. The Hall–Kier alpha value is -2.66. The summed E-state index contributed by atoms with van der Waals surface area (Å²) in [6.45, 7) is 4.05.